The number of aromatic hydroxyl groups is 1. The molecule has 0 fully saturated rings. The van der Waals surface area contributed by atoms with E-state index in [1.165, 1.54) is 13.0 Å². The number of tetrazole rings is 1. The molecule has 0 amide bonds. The first-order chi connectivity index (χ1) is 11.3. The lowest BCUT2D eigenvalue weighted by molar-refractivity contribution is 0.101. The van der Waals surface area contributed by atoms with Crippen LogP contribution in [0.3, 0.4) is 0 Å². The number of phenolic OH excluding ortho intramolecular Hbond substituents is 1. The van der Waals surface area contributed by atoms with Crippen LogP contribution in [0.2, 0.25) is 0 Å². The van der Waals surface area contributed by atoms with Gasteiger partial charge in [0.15, 0.2) is 11.6 Å². The Kier molecular flexibility index (Phi) is 5.54. The highest BCUT2D eigenvalue weighted by Crippen LogP contribution is 2.30. The number of nitrogens with zero attached hydrogens (tertiary/aromatic N) is 3. The molecule has 0 radical (unpaired) electrons. The predicted octanol–water partition coefficient (Wildman–Crippen LogP) is 2.81. The van der Waals surface area contributed by atoms with Gasteiger partial charge in [-0.15, -0.1) is 5.10 Å². The molecule has 0 aliphatic rings. The molecular formula is C17H24N4O3. The minimum absolute atomic E-state index is 0.0391. The van der Waals surface area contributed by atoms with Crippen molar-refractivity contribution < 1.29 is 14.6 Å². The molecule has 1 heterocycles. The van der Waals surface area contributed by atoms with Gasteiger partial charge in [0.1, 0.15) is 11.5 Å². The Labute approximate surface area is 141 Å². The summed E-state index contributed by atoms with van der Waals surface area (Å²) < 4.78 is 5.82. The van der Waals surface area contributed by atoms with E-state index in [9.17, 15) is 9.90 Å². The van der Waals surface area contributed by atoms with Crippen molar-refractivity contribution in [2.75, 3.05) is 6.61 Å². The summed E-state index contributed by atoms with van der Waals surface area (Å²) in [5.41, 5.74) is 1.08. The first-order valence-corrected chi connectivity index (χ1v) is 8.09. The normalized spacial score (nSPS) is 11.5. The molecule has 7 heteroatoms. The monoisotopic (exact) mass is 332 g/mol. The number of ketones is 1. The van der Waals surface area contributed by atoms with E-state index in [4.69, 9.17) is 4.74 Å². The number of aryl methyl sites for hydroxylation is 1. The molecule has 130 valence electrons. The van der Waals surface area contributed by atoms with Crippen LogP contribution in [-0.2, 0) is 11.8 Å². The summed E-state index contributed by atoms with van der Waals surface area (Å²) in [6, 6.07) is 3.23. The van der Waals surface area contributed by atoms with Crippen molar-refractivity contribution in [1.82, 2.24) is 20.6 Å². The number of carbonyl (C=O) groups is 1. The zero-order valence-electron chi connectivity index (χ0n) is 14.6. The summed E-state index contributed by atoms with van der Waals surface area (Å²) >= 11 is 0. The van der Waals surface area contributed by atoms with E-state index in [1.807, 2.05) is 6.92 Å². The topological polar surface area (TPSA) is 101 Å². The van der Waals surface area contributed by atoms with Gasteiger partial charge in [-0.25, -0.2) is 5.10 Å². The second-order valence-corrected chi connectivity index (χ2v) is 6.47. The van der Waals surface area contributed by atoms with Gasteiger partial charge >= 0.3 is 0 Å². The molecule has 0 aliphatic carbocycles. The number of phenols is 1. The van der Waals surface area contributed by atoms with Gasteiger partial charge in [-0.2, -0.15) is 0 Å². The number of H-pyrrole nitrogens is 1. The fourth-order valence-corrected chi connectivity index (χ4v) is 2.57. The molecular weight excluding hydrogens is 308 g/mol. The van der Waals surface area contributed by atoms with Crippen LogP contribution < -0.4 is 4.74 Å². The summed E-state index contributed by atoms with van der Waals surface area (Å²) in [7, 11) is 0. The maximum atomic E-state index is 11.5. The van der Waals surface area contributed by atoms with E-state index >= 15 is 0 Å². The number of hydrogen-bond donors (Lipinski definition) is 2. The molecule has 0 aliphatic heterocycles. The van der Waals surface area contributed by atoms with Crippen molar-refractivity contribution in [3.8, 4) is 11.5 Å². The van der Waals surface area contributed by atoms with Gasteiger partial charge < -0.3 is 9.84 Å². The van der Waals surface area contributed by atoms with Crippen molar-refractivity contribution in [3.63, 3.8) is 0 Å². The van der Waals surface area contributed by atoms with Crippen molar-refractivity contribution in [2.45, 2.75) is 52.4 Å². The molecule has 0 saturated carbocycles. The summed E-state index contributed by atoms with van der Waals surface area (Å²) in [5, 5.41) is 24.0. The maximum absolute atomic E-state index is 11.5. The van der Waals surface area contributed by atoms with E-state index in [-0.39, 0.29) is 16.9 Å². The fraction of sp³-hybridized carbons (Fsp3) is 0.529. The van der Waals surface area contributed by atoms with Gasteiger partial charge in [0, 0.05) is 11.5 Å². The van der Waals surface area contributed by atoms with E-state index in [0.29, 0.717) is 17.9 Å². The van der Waals surface area contributed by atoms with E-state index in [2.05, 4.69) is 34.5 Å². The molecule has 2 rings (SSSR count). The molecule has 1 aromatic carbocycles. The number of hydrogen-bond acceptors (Lipinski definition) is 6. The number of rotatable bonds is 8. The third-order valence-corrected chi connectivity index (χ3v) is 4.13. The molecule has 7 nitrogen and oxygen atoms in total. The summed E-state index contributed by atoms with van der Waals surface area (Å²) in [6.07, 6.45) is 2.39. The lowest BCUT2D eigenvalue weighted by Crippen LogP contribution is -2.20. The van der Waals surface area contributed by atoms with Gasteiger partial charge in [-0.1, -0.05) is 20.8 Å². The van der Waals surface area contributed by atoms with Gasteiger partial charge in [0.05, 0.1) is 12.2 Å². The van der Waals surface area contributed by atoms with Gasteiger partial charge in [0.2, 0.25) is 0 Å². The molecule has 24 heavy (non-hydrogen) atoms. The average molecular weight is 332 g/mol. The number of aromatic nitrogens is 4. The third-order valence-electron chi connectivity index (χ3n) is 4.13. The SMILES string of the molecule is CCc1cc(C(C)=O)c(O)cc1OCCCC(C)(C)c1nnn[nH]1. The Morgan fingerprint density at radius 3 is 2.71 bits per heavy atom. The Bertz CT molecular complexity index is 696. The van der Waals surface area contributed by atoms with Crippen LogP contribution >= 0.6 is 0 Å². The van der Waals surface area contributed by atoms with Crippen LogP contribution in [0.25, 0.3) is 0 Å². The third kappa shape index (κ3) is 4.10. The molecule has 2 aromatic rings. The van der Waals surface area contributed by atoms with Gasteiger partial charge in [-0.05, 0) is 48.2 Å². The first kappa shape index (κ1) is 17.9. The van der Waals surface area contributed by atoms with Crippen LogP contribution in [0.1, 0.15) is 62.3 Å². The second kappa shape index (κ2) is 7.42. The van der Waals surface area contributed by atoms with Crippen molar-refractivity contribution in [1.29, 1.82) is 0 Å². The Balaban J connectivity index is 1.97. The van der Waals surface area contributed by atoms with Gasteiger partial charge in [-0.3, -0.25) is 4.79 Å². The number of Topliss-reactive ketones (excluding diaryl/α,β-unsaturated/α-hetero) is 1. The highest BCUT2D eigenvalue weighted by molar-refractivity contribution is 5.97. The van der Waals surface area contributed by atoms with E-state index < -0.39 is 0 Å². The van der Waals surface area contributed by atoms with Crippen molar-refractivity contribution in [3.05, 3.63) is 29.1 Å². The summed E-state index contributed by atoms with van der Waals surface area (Å²) in [6.45, 7) is 8.08. The molecule has 0 spiro atoms. The molecule has 1 aromatic heterocycles. The Morgan fingerprint density at radius 2 is 2.12 bits per heavy atom. The number of aromatic amines is 1. The largest absolute Gasteiger partial charge is 0.507 e. The molecule has 0 bridgehead atoms. The minimum Gasteiger partial charge on any atom is -0.507 e. The highest BCUT2D eigenvalue weighted by Gasteiger charge is 2.24. The van der Waals surface area contributed by atoms with Crippen LogP contribution in [-0.4, -0.2) is 38.1 Å². The smallest absolute Gasteiger partial charge is 0.163 e. The maximum Gasteiger partial charge on any atom is 0.163 e. The second-order valence-electron chi connectivity index (χ2n) is 6.47. The zero-order chi connectivity index (χ0) is 17.7. The standard InChI is InChI=1S/C17H24N4O3/c1-5-12-9-13(11(2)22)14(23)10-15(12)24-8-6-7-17(3,4)16-18-20-21-19-16/h9-10,23H,5-8H2,1-4H3,(H,18,19,20,21). The lowest BCUT2D eigenvalue weighted by atomic mass is 9.87. The fourth-order valence-electron chi connectivity index (χ4n) is 2.57. The quantitative estimate of drug-likeness (QED) is 0.569. The number of nitrogens with one attached hydrogen (secondary N) is 1. The predicted molar refractivity (Wildman–Crippen MR) is 89.4 cm³/mol. The lowest BCUT2D eigenvalue weighted by Gasteiger charge is -2.21. The van der Waals surface area contributed by atoms with Crippen LogP contribution in [0.4, 0.5) is 0 Å². The minimum atomic E-state index is -0.166. The van der Waals surface area contributed by atoms with Crippen molar-refractivity contribution in [2.24, 2.45) is 0 Å². The van der Waals surface area contributed by atoms with E-state index in [0.717, 1.165) is 30.7 Å². The molecule has 0 atom stereocenters. The number of ether oxygens (including phenoxy) is 1. The van der Waals surface area contributed by atoms with Crippen LogP contribution in [0, 0.1) is 0 Å². The molecule has 0 unspecified atom stereocenters. The molecule has 0 saturated heterocycles. The summed E-state index contributed by atoms with van der Waals surface area (Å²) in [4.78, 5) is 11.5. The number of benzene rings is 1. The van der Waals surface area contributed by atoms with Crippen LogP contribution in [0.5, 0.6) is 11.5 Å². The first-order valence-electron chi connectivity index (χ1n) is 8.09. The number of carbonyl (C=O) groups excluding carboxylic acids is 1. The molecule has 2 N–H and O–H groups in total. The highest BCUT2D eigenvalue weighted by atomic mass is 16.5. The van der Waals surface area contributed by atoms with Gasteiger partial charge in [0.25, 0.3) is 0 Å². The Morgan fingerprint density at radius 1 is 1.38 bits per heavy atom. The Hall–Kier alpha value is -2.44. The zero-order valence-corrected chi connectivity index (χ0v) is 14.6. The van der Waals surface area contributed by atoms with Crippen molar-refractivity contribution >= 4 is 5.78 Å². The van der Waals surface area contributed by atoms with E-state index in [1.54, 1.807) is 6.07 Å². The van der Waals surface area contributed by atoms with Crippen LogP contribution in [0.15, 0.2) is 12.1 Å². The summed E-state index contributed by atoms with van der Waals surface area (Å²) in [5.74, 6) is 1.18. The average Bonchev–Trinajstić information content (AvgIpc) is 3.06.